The maximum absolute atomic E-state index is 12.3. The minimum atomic E-state index is -0.461. The minimum absolute atomic E-state index is 0.00481. The summed E-state index contributed by atoms with van der Waals surface area (Å²) in [7, 11) is 1.57. The molecule has 1 aromatic heterocycles. The molecule has 1 N–H and O–H groups in total. The number of methoxy groups -OCH3 is 1. The summed E-state index contributed by atoms with van der Waals surface area (Å²) in [6, 6.07) is 9.52. The van der Waals surface area contributed by atoms with Gasteiger partial charge in [-0.25, -0.2) is 4.98 Å². The van der Waals surface area contributed by atoms with Crippen LogP contribution in [0.3, 0.4) is 0 Å². The Morgan fingerprint density at radius 1 is 1.29 bits per heavy atom. The highest BCUT2D eigenvalue weighted by molar-refractivity contribution is 7.22. The van der Waals surface area contributed by atoms with E-state index in [1.807, 2.05) is 6.92 Å². The molecule has 3 aromatic rings. The Labute approximate surface area is 141 Å². The number of anilines is 1. The molecular formula is C16H13N3O4S. The van der Waals surface area contributed by atoms with E-state index in [0.29, 0.717) is 26.7 Å². The molecule has 0 atom stereocenters. The number of fused-ring (bicyclic) bond motifs is 1. The molecule has 122 valence electrons. The maximum Gasteiger partial charge on any atom is 0.270 e. The van der Waals surface area contributed by atoms with Gasteiger partial charge < -0.3 is 4.74 Å². The number of nitro groups is 1. The number of aromatic nitrogens is 1. The molecule has 1 amide bonds. The largest absolute Gasteiger partial charge is 0.496 e. The molecule has 0 saturated carbocycles. The van der Waals surface area contributed by atoms with Gasteiger partial charge in [0.15, 0.2) is 5.13 Å². The standard InChI is InChI=1S/C16H13N3O4S/c1-9-7-10(3-6-13(9)23-2)15(20)18-16-17-12-5-4-11(19(21)22)8-14(12)24-16/h3-8H,1-2H3,(H,17,18,20). The Hall–Kier alpha value is -3.00. The molecule has 0 aliphatic heterocycles. The number of ether oxygens (including phenoxy) is 1. The van der Waals surface area contributed by atoms with Gasteiger partial charge in [-0.15, -0.1) is 0 Å². The second-order valence-corrected chi connectivity index (χ2v) is 6.10. The van der Waals surface area contributed by atoms with Crippen LogP contribution in [0.5, 0.6) is 5.75 Å². The van der Waals surface area contributed by atoms with E-state index in [2.05, 4.69) is 10.3 Å². The highest BCUT2D eigenvalue weighted by atomic mass is 32.1. The lowest BCUT2D eigenvalue weighted by Crippen LogP contribution is -2.11. The van der Waals surface area contributed by atoms with Crippen LogP contribution in [0.1, 0.15) is 15.9 Å². The molecule has 0 aliphatic rings. The Morgan fingerprint density at radius 2 is 2.08 bits per heavy atom. The van der Waals surface area contributed by atoms with Gasteiger partial charge in [-0.2, -0.15) is 0 Å². The molecule has 8 heteroatoms. The molecule has 0 bridgehead atoms. The lowest BCUT2D eigenvalue weighted by molar-refractivity contribution is -0.384. The number of rotatable bonds is 4. The Kier molecular flexibility index (Phi) is 4.13. The molecule has 0 fully saturated rings. The van der Waals surface area contributed by atoms with Gasteiger partial charge in [-0.3, -0.25) is 20.2 Å². The van der Waals surface area contributed by atoms with Crippen LogP contribution in [0.4, 0.5) is 10.8 Å². The van der Waals surface area contributed by atoms with Crippen molar-refractivity contribution >= 4 is 38.3 Å². The van der Waals surface area contributed by atoms with E-state index in [0.717, 1.165) is 5.56 Å². The van der Waals surface area contributed by atoms with Crippen LogP contribution in [-0.4, -0.2) is 22.9 Å². The molecule has 0 spiro atoms. The van der Waals surface area contributed by atoms with E-state index in [1.54, 1.807) is 31.4 Å². The van der Waals surface area contributed by atoms with Gasteiger partial charge in [0.1, 0.15) is 5.75 Å². The van der Waals surface area contributed by atoms with Gasteiger partial charge in [0, 0.05) is 17.7 Å². The molecule has 0 unspecified atom stereocenters. The normalized spacial score (nSPS) is 10.6. The van der Waals surface area contributed by atoms with Crippen LogP contribution in [0.15, 0.2) is 36.4 Å². The van der Waals surface area contributed by atoms with Crippen LogP contribution >= 0.6 is 11.3 Å². The Balaban J connectivity index is 1.85. The van der Waals surface area contributed by atoms with Gasteiger partial charge in [0.2, 0.25) is 0 Å². The lowest BCUT2D eigenvalue weighted by Gasteiger charge is -2.06. The van der Waals surface area contributed by atoms with E-state index < -0.39 is 4.92 Å². The zero-order valence-corrected chi connectivity index (χ0v) is 13.7. The fraction of sp³-hybridized carbons (Fsp3) is 0.125. The molecule has 0 radical (unpaired) electrons. The first-order valence-corrected chi connectivity index (χ1v) is 7.80. The van der Waals surface area contributed by atoms with Crippen molar-refractivity contribution < 1.29 is 14.5 Å². The highest BCUT2D eigenvalue weighted by Crippen LogP contribution is 2.29. The van der Waals surface area contributed by atoms with Gasteiger partial charge in [0.25, 0.3) is 11.6 Å². The average molecular weight is 343 g/mol. The first-order chi connectivity index (χ1) is 11.5. The van der Waals surface area contributed by atoms with Crippen molar-refractivity contribution in [1.29, 1.82) is 0 Å². The quantitative estimate of drug-likeness (QED) is 0.575. The number of nitrogens with zero attached hydrogens (tertiary/aromatic N) is 2. The van der Waals surface area contributed by atoms with Gasteiger partial charge in [0.05, 0.1) is 22.2 Å². The third-order valence-electron chi connectivity index (χ3n) is 3.46. The summed E-state index contributed by atoms with van der Waals surface area (Å²) in [5, 5.41) is 13.9. The number of nitrogens with one attached hydrogen (secondary N) is 1. The maximum atomic E-state index is 12.3. The zero-order chi connectivity index (χ0) is 17.3. The first-order valence-electron chi connectivity index (χ1n) is 6.99. The topological polar surface area (TPSA) is 94.4 Å². The number of hydrogen-bond acceptors (Lipinski definition) is 6. The number of carbonyl (C=O) groups is 1. The molecular weight excluding hydrogens is 330 g/mol. The van der Waals surface area contributed by atoms with Crippen molar-refractivity contribution in [2.75, 3.05) is 12.4 Å². The summed E-state index contributed by atoms with van der Waals surface area (Å²) in [5.74, 6) is 0.410. The van der Waals surface area contributed by atoms with Gasteiger partial charge in [-0.1, -0.05) is 11.3 Å². The molecule has 24 heavy (non-hydrogen) atoms. The number of hydrogen-bond donors (Lipinski definition) is 1. The second-order valence-electron chi connectivity index (χ2n) is 5.07. The number of non-ortho nitro benzene ring substituents is 1. The number of aryl methyl sites for hydroxylation is 1. The highest BCUT2D eigenvalue weighted by Gasteiger charge is 2.13. The Bertz CT molecular complexity index is 952. The third-order valence-corrected chi connectivity index (χ3v) is 4.39. The summed E-state index contributed by atoms with van der Waals surface area (Å²) < 4.78 is 5.82. The summed E-state index contributed by atoms with van der Waals surface area (Å²) in [5.41, 5.74) is 1.94. The zero-order valence-electron chi connectivity index (χ0n) is 12.9. The molecule has 0 aliphatic carbocycles. The van der Waals surface area contributed by atoms with E-state index in [9.17, 15) is 14.9 Å². The summed E-state index contributed by atoms with van der Waals surface area (Å²) in [6.45, 7) is 1.85. The predicted molar refractivity (Wildman–Crippen MR) is 92.0 cm³/mol. The number of benzene rings is 2. The molecule has 3 rings (SSSR count). The van der Waals surface area contributed by atoms with Gasteiger partial charge >= 0.3 is 0 Å². The van der Waals surface area contributed by atoms with Crippen LogP contribution in [0.25, 0.3) is 10.2 Å². The summed E-state index contributed by atoms with van der Waals surface area (Å²) in [4.78, 5) is 26.9. The smallest absolute Gasteiger partial charge is 0.270 e. The first kappa shape index (κ1) is 15.9. The fourth-order valence-corrected chi connectivity index (χ4v) is 3.16. The van der Waals surface area contributed by atoms with Crippen LogP contribution < -0.4 is 10.1 Å². The summed E-state index contributed by atoms with van der Waals surface area (Å²) >= 11 is 1.19. The van der Waals surface area contributed by atoms with Crippen molar-refractivity contribution in [1.82, 2.24) is 4.98 Å². The number of amides is 1. The fourth-order valence-electron chi connectivity index (χ4n) is 2.27. The van der Waals surface area contributed by atoms with E-state index >= 15 is 0 Å². The number of nitro benzene ring substituents is 1. The van der Waals surface area contributed by atoms with Gasteiger partial charge in [-0.05, 0) is 36.8 Å². The molecule has 1 heterocycles. The SMILES string of the molecule is COc1ccc(C(=O)Nc2nc3ccc([N+](=O)[O-])cc3s2)cc1C. The van der Waals surface area contributed by atoms with E-state index in [4.69, 9.17) is 4.74 Å². The molecule has 2 aromatic carbocycles. The van der Waals surface area contributed by atoms with Crippen molar-refractivity contribution in [3.05, 3.63) is 57.6 Å². The molecule has 0 saturated heterocycles. The van der Waals surface area contributed by atoms with Crippen LogP contribution in [-0.2, 0) is 0 Å². The molecule has 7 nitrogen and oxygen atoms in total. The lowest BCUT2D eigenvalue weighted by atomic mass is 10.1. The minimum Gasteiger partial charge on any atom is -0.496 e. The second kappa shape index (κ2) is 6.25. The van der Waals surface area contributed by atoms with Crippen molar-refractivity contribution in [2.24, 2.45) is 0 Å². The summed E-state index contributed by atoms with van der Waals surface area (Å²) in [6.07, 6.45) is 0. The number of thiazole rings is 1. The van der Waals surface area contributed by atoms with E-state index in [1.165, 1.54) is 23.5 Å². The van der Waals surface area contributed by atoms with Crippen molar-refractivity contribution in [2.45, 2.75) is 6.92 Å². The number of carbonyl (C=O) groups excluding carboxylic acids is 1. The van der Waals surface area contributed by atoms with Crippen LogP contribution in [0.2, 0.25) is 0 Å². The predicted octanol–water partition coefficient (Wildman–Crippen LogP) is 3.77. The monoisotopic (exact) mass is 343 g/mol. The average Bonchev–Trinajstić information content (AvgIpc) is 2.95. The Morgan fingerprint density at radius 3 is 2.75 bits per heavy atom. The third kappa shape index (κ3) is 3.04. The van der Waals surface area contributed by atoms with E-state index in [-0.39, 0.29) is 11.6 Å². The van der Waals surface area contributed by atoms with Crippen molar-refractivity contribution in [3.8, 4) is 5.75 Å². The van der Waals surface area contributed by atoms with Crippen LogP contribution in [0, 0.1) is 17.0 Å². The van der Waals surface area contributed by atoms with Crippen molar-refractivity contribution in [3.63, 3.8) is 0 Å².